The Hall–Kier alpha value is -2.64. The molecule has 5 heteroatoms. The molecular formula is C19H16ClN3O. The summed E-state index contributed by atoms with van der Waals surface area (Å²) in [5.74, 6) is 0.0422. The standard InChI is InChI=1S/C19H16ClN3O/c20-17-8-4-7-16(22-17)11-15(12-21)19(24)23-18(14-9-10-14)13-5-2-1-3-6-13/h1-8,11,14,18H,9-10H2,(H,23,24)/b15-11+/t18-/m1/s1. The first-order valence-electron chi connectivity index (χ1n) is 7.77. The fourth-order valence-corrected chi connectivity index (χ4v) is 2.75. The van der Waals surface area contributed by atoms with Crippen LogP contribution in [-0.4, -0.2) is 10.9 Å². The third kappa shape index (κ3) is 4.01. The topological polar surface area (TPSA) is 65.8 Å². The Kier molecular flexibility index (Phi) is 4.93. The Labute approximate surface area is 145 Å². The summed E-state index contributed by atoms with van der Waals surface area (Å²) < 4.78 is 0. The van der Waals surface area contributed by atoms with Crippen molar-refractivity contribution in [1.82, 2.24) is 10.3 Å². The van der Waals surface area contributed by atoms with Gasteiger partial charge in [-0.05, 0) is 42.5 Å². The van der Waals surface area contributed by atoms with E-state index < -0.39 is 0 Å². The molecule has 1 N–H and O–H groups in total. The number of amides is 1. The summed E-state index contributed by atoms with van der Waals surface area (Å²) in [4.78, 5) is 16.6. The van der Waals surface area contributed by atoms with Crippen LogP contribution in [0.25, 0.3) is 6.08 Å². The van der Waals surface area contributed by atoms with Gasteiger partial charge >= 0.3 is 0 Å². The third-order valence-electron chi connectivity index (χ3n) is 3.93. The molecule has 4 nitrogen and oxygen atoms in total. The van der Waals surface area contributed by atoms with E-state index in [1.54, 1.807) is 18.2 Å². The Morgan fingerprint density at radius 2 is 2.00 bits per heavy atom. The molecule has 0 bridgehead atoms. The van der Waals surface area contributed by atoms with Crippen LogP contribution < -0.4 is 5.32 Å². The number of pyridine rings is 1. The second-order valence-corrected chi connectivity index (χ2v) is 6.14. The van der Waals surface area contributed by atoms with Gasteiger partial charge < -0.3 is 5.32 Å². The van der Waals surface area contributed by atoms with Gasteiger partial charge in [0.1, 0.15) is 16.8 Å². The van der Waals surface area contributed by atoms with Crippen LogP contribution >= 0.6 is 11.6 Å². The number of hydrogen-bond donors (Lipinski definition) is 1. The van der Waals surface area contributed by atoms with Crippen LogP contribution in [0.5, 0.6) is 0 Å². The molecule has 0 saturated heterocycles. The second-order valence-electron chi connectivity index (χ2n) is 5.75. The van der Waals surface area contributed by atoms with Crippen LogP contribution in [0.3, 0.4) is 0 Å². The SMILES string of the molecule is N#C/C(=C\c1cccc(Cl)n1)C(=O)N[C@H](c1ccccc1)C1CC1. The number of rotatable bonds is 5. The highest BCUT2D eigenvalue weighted by Crippen LogP contribution is 2.41. The number of carbonyl (C=O) groups is 1. The van der Waals surface area contributed by atoms with E-state index in [2.05, 4.69) is 10.3 Å². The molecule has 120 valence electrons. The molecule has 1 aliphatic carbocycles. The molecule has 24 heavy (non-hydrogen) atoms. The summed E-state index contributed by atoms with van der Waals surface area (Å²) in [5.41, 5.74) is 1.56. The largest absolute Gasteiger partial charge is 0.344 e. The molecular weight excluding hydrogens is 322 g/mol. The summed E-state index contributed by atoms with van der Waals surface area (Å²) in [6.45, 7) is 0. The van der Waals surface area contributed by atoms with Gasteiger partial charge in [0.25, 0.3) is 5.91 Å². The van der Waals surface area contributed by atoms with E-state index in [1.807, 2.05) is 36.4 Å². The summed E-state index contributed by atoms with van der Waals surface area (Å²) in [6.07, 6.45) is 3.62. The van der Waals surface area contributed by atoms with Crippen molar-refractivity contribution < 1.29 is 4.79 Å². The van der Waals surface area contributed by atoms with E-state index in [0.29, 0.717) is 16.8 Å². The lowest BCUT2D eigenvalue weighted by Crippen LogP contribution is -2.30. The number of nitrogens with one attached hydrogen (secondary N) is 1. The molecule has 1 aromatic carbocycles. The number of nitriles is 1. The van der Waals surface area contributed by atoms with Crippen molar-refractivity contribution in [2.45, 2.75) is 18.9 Å². The lowest BCUT2D eigenvalue weighted by molar-refractivity contribution is -0.117. The first-order chi connectivity index (χ1) is 11.7. The maximum Gasteiger partial charge on any atom is 0.262 e. The predicted octanol–water partition coefficient (Wildman–Crippen LogP) is 3.91. The monoisotopic (exact) mass is 337 g/mol. The summed E-state index contributed by atoms with van der Waals surface area (Å²) in [6, 6.07) is 16.8. The number of halogens is 1. The van der Waals surface area contributed by atoms with Gasteiger partial charge in [0.05, 0.1) is 11.7 Å². The molecule has 1 saturated carbocycles. The summed E-state index contributed by atoms with van der Waals surface area (Å²) >= 11 is 5.84. The molecule has 1 amide bonds. The first kappa shape index (κ1) is 16.2. The smallest absolute Gasteiger partial charge is 0.262 e. The maximum absolute atomic E-state index is 12.5. The van der Waals surface area contributed by atoms with E-state index in [9.17, 15) is 10.1 Å². The van der Waals surface area contributed by atoms with Gasteiger partial charge in [-0.3, -0.25) is 4.79 Å². The summed E-state index contributed by atoms with van der Waals surface area (Å²) in [7, 11) is 0. The average Bonchev–Trinajstić information content (AvgIpc) is 3.43. The van der Waals surface area contributed by atoms with Crippen LogP contribution in [0, 0.1) is 17.2 Å². The molecule has 0 radical (unpaired) electrons. The zero-order valence-electron chi connectivity index (χ0n) is 12.9. The Balaban J connectivity index is 1.80. The van der Waals surface area contributed by atoms with Gasteiger partial charge in [0, 0.05) is 0 Å². The van der Waals surface area contributed by atoms with Crippen LogP contribution in [-0.2, 0) is 4.79 Å². The van der Waals surface area contributed by atoms with Gasteiger partial charge in [-0.15, -0.1) is 0 Å². The number of carbonyl (C=O) groups excluding carboxylic acids is 1. The fraction of sp³-hybridized carbons (Fsp3) is 0.211. The minimum Gasteiger partial charge on any atom is -0.344 e. The highest BCUT2D eigenvalue weighted by molar-refractivity contribution is 6.29. The number of nitrogens with zero attached hydrogens (tertiary/aromatic N) is 2. The molecule has 1 aromatic heterocycles. The minimum absolute atomic E-state index is 0.0198. The molecule has 1 fully saturated rings. The van der Waals surface area contributed by atoms with Gasteiger partial charge in [0.15, 0.2) is 0 Å². The Bertz CT molecular complexity index is 807. The molecule has 1 aliphatic rings. The van der Waals surface area contributed by atoms with Crippen LogP contribution in [0.15, 0.2) is 54.1 Å². The van der Waals surface area contributed by atoms with E-state index in [4.69, 9.17) is 11.6 Å². The van der Waals surface area contributed by atoms with E-state index in [-0.39, 0.29) is 17.5 Å². The number of aromatic nitrogens is 1. The van der Waals surface area contributed by atoms with Crippen molar-refractivity contribution >= 4 is 23.6 Å². The van der Waals surface area contributed by atoms with Crippen molar-refractivity contribution in [3.8, 4) is 6.07 Å². The molecule has 3 rings (SSSR count). The van der Waals surface area contributed by atoms with Crippen molar-refractivity contribution in [1.29, 1.82) is 5.26 Å². The van der Waals surface area contributed by atoms with Crippen molar-refractivity contribution in [3.63, 3.8) is 0 Å². The molecule has 1 heterocycles. The normalized spacial score (nSPS) is 15.4. The Morgan fingerprint density at radius 1 is 1.25 bits per heavy atom. The van der Waals surface area contributed by atoms with Gasteiger partial charge in [-0.1, -0.05) is 48.0 Å². The highest BCUT2D eigenvalue weighted by atomic mass is 35.5. The zero-order valence-corrected chi connectivity index (χ0v) is 13.7. The van der Waals surface area contributed by atoms with Crippen molar-refractivity contribution in [2.24, 2.45) is 5.92 Å². The van der Waals surface area contributed by atoms with Gasteiger partial charge in [-0.25, -0.2) is 4.98 Å². The molecule has 0 unspecified atom stereocenters. The lowest BCUT2D eigenvalue weighted by atomic mass is 10.0. The minimum atomic E-state index is -0.389. The molecule has 1 atom stereocenters. The Morgan fingerprint density at radius 3 is 2.62 bits per heavy atom. The van der Waals surface area contributed by atoms with Gasteiger partial charge in [-0.2, -0.15) is 5.26 Å². The van der Waals surface area contributed by atoms with Crippen molar-refractivity contribution in [2.75, 3.05) is 0 Å². The molecule has 0 spiro atoms. The molecule has 2 aromatic rings. The maximum atomic E-state index is 12.5. The number of hydrogen-bond acceptors (Lipinski definition) is 3. The average molecular weight is 338 g/mol. The second kappa shape index (κ2) is 7.29. The molecule has 0 aliphatic heterocycles. The zero-order chi connectivity index (χ0) is 16.9. The number of benzene rings is 1. The fourth-order valence-electron chi connectivity index (χ4n) is 2.58. The predicted molar refractivity (Wildman–Crippen MR) is 92.9 cm³/mol. The third-order valence-corrected chi connectivity index (χ3v) is 4.14. The quantitative estimate of drug-likeness (QED) is 0.511. The van der Waals surface area contributed by atoms with Crippen LogP contribution in [0.2, 0.25) is 5.15 Å². The van der Waals surface area contributed by atoms with E-state index >= 15 is 0 Å². The van der Waals surface area contributed by atoms with Crippen LogP contribution in [0.1, 0.15) is 30.1 Å². The van der Waals surface area contributed by atoms with E-state index in [1.165, 1.54) is 6.08 Å². The first-order valence-corrected chi connectivity index (χ1v) is 8.15. The van der Waals surface area contributed by atoms with Crippen LogP contribution in [0.4, 0.5) is 0 Å². The van der Waals surface area contributed by atoms with Crippen molar-refractivity contribution in [3.05, 3.63) is 70.5 Å². The lowest BCUT2D eigenvalue weighted by Gasteiger charge is -2.18. The van der Waals surface area contributed by atoms with E-state index in [0.717, 1.165) is 18.4 Å². The summed E-state index contributed by atoms with van der Waals surface area (Å²) in [5, 5.41) is 12.6. The highest BCUT2D eigenvalue weighted by Gasteiger charge is 2.33. The van der Waals surface area contributed by atoms with Gasteiger partial charge in [0.2, 0.25) is 0 Å².